The molecule has 1 N–H and O–H groups in total. The lowest BCUT2D eigenvalue weighted by Crippen LogP contribution is -2.61. The first kappa shape index (κ1) is 15.2. The second-order valence-electron chi connectivity index (χ2n) is 6.28. The minimum Gasteiger partial charge on any atom is -0.345 e. The van der Waals surface area contributed by atoms with E-state index in [0.29, 0.717) is 11.1 Å². The molecular formula is C16H17N3O4. The number of nitrogens with one attached hydrogen (secondary N) is 1. The van der Waals surface area contributed by atoms with E-state index in [1.165, 1.54) is 9.80 Å². The van der Waals surface area contributed by atoms with Crippen molar-refractivity contribution >= 4 is 23.6 Å². The Morgan fingerprint density at radius 2 is 1.83 bits per heavy atom. The summed E-state index contributed by atoms with van der Waals surface area (Å²) in [6, 6.07) is 6.50. The van der Waals surface area contributed by atoms with Crippen molar-refractivity contribution in [1.82, 2.24) is 15.1 Å². The molecule has 2 aliphatic rings. The number of imide groups is 1. The van der Waals surface area contributed by atoms with Crippen LogP contribution in [-0.2, 0) is 9.59 Å². The standard InChI is InChI=1S/C16H17N3O4/c1-18(2)13(21)10-4-3-5-11(6-10)14(22)19-8-16(9-19)7-12(20)17-15(16)23/h3-6H,7-9H2,1-2H3,(H,17,20,23). The molecule has 120 valence electrons. The summed E-state index contributed by atoms with van der Waals surface area (Å²) in [6.45, 7) is 0.463. The molecule has 7 nitrogen and oxygen atoms in total. The number of hydrogen-bond acceptors (Lipinski definition) is 4. The van der Waals surface area contributed by atoms with Gasteiger partial charge in [-0.3, -0.25) is 24.5 Å². The molecule has 0 saturated carbocycles. The van der Waals surface area contributed by atoms with Gasteiger partial charge in [-0.15, -0.1) is 0 Å². The normalized spacial score (nSPS) is 18.6. The summed E-state index contributed by atoms with van der Waals surface area (Å²) in [5.41, 5.74) is 0.0752. The van der Waals surface area contributed by atoms with Crippen LogP contribution in [-0.4, -0.2) is 60.6 Å². The fourth-order valence-corrected chi connectivity index (χ4v) is 3.00. The van der Waals surface area contributed by atoms with Gasteiger partial charge in [-0.05, 0) is 18.2 Å². The fourth-order valence-electron chi connectivity index (χ4n) is 3.00. The minimum absolute atomic E-state index is 0.134. The van der Waals surface area contributed by atoms with E-state index in [1.54, 1.807) is 38.4 Å². The molecule has 1 spiro atoms. The molecule has 2 heterocycles. The van der Waals surface area contributed by atoms with E-state index >= 15 is 0 Å². The molecule has 0 aliphatic carbocycles. The zero-order chi connectivity index (χ0) is 16.8. The second-order valence-corrected chi connectivity index (χ2v) is 6.28. The predicted octanol–water partition coefficient (Wildman–Crippen LogP) is -0.123. The molecule has 2 saturated heterocycles. The number of benzene rings is 1. The molecule has 7 heteroatoms. The smallest absolute Gasteiger partial charge is 0.253 e. The highest BCUT2D eigenvalue weighted by molar-refractivity contribution is 6.08. The molecular weight excluding hydrogens is 298 g/mol. The van der Waals surface area contributed by atoms with E-state index in [1.807, 2.05) is 0 Å². The van der Waals surface area contributed by atoms with E-state index in [0.717, 1.165) is 0 Å². The summed E-state index contributed by atoms with van der Waals surface area (Å²) in [7, 11) is 3.29. The molecule has 2 fully saturated rings. The first-order chi connectivity index (χ1) is 10.8. The maximum absolute atomic E-state index is 12.5. The number of hydrogen-bond donors (Lipinski definition) is 1. The summed E-state index contributed by atoms with van der Waals surface area (Å²) >= 11 is 0. The third kappa shape index (κ3) is 2.48. The van der Waals surface area contributed by atoms with Crippen LogP contribution in [0.15, 0.2) is 24.3 Å². The lowest BCUT2D eigenvalue weighted by Gasteiger charge is -2.45. The molecule has 0 aromatic heterocycles. The summed E-state index contributed by atoms with van der Waals surface area (Å²) in [5.74, 6) is -1.01. The molecule has 0 bridgehead atoms. The summed E-state index contributed by atoms with van der Waals surface area (Å²) in [4.78, 5) is 50.5. The third-order valence-corrected chi connectivity index (χ3v) is 4.27. The quantitative estimate of drug-likeness (QED) is 0.771. The van der Waals surface area contributed by atoms with E-state index in [2.05, 4.69) is 5.32 Å². The average Bonchev–Trinajstić information content (AvgIpc) is 2.78. The van der Waals surface area contributed by atoms with Gasteiger partial charge in [0.05, 0.1) is 5.41 Å². The van der Waals surface area contributed by atoms with Gasteiger partial charge in [0.1, 0.15) is 0 Å². The topological polar surface area (TPSA) is 86.8 Å². The van der Waals surface area contributed by atoms with Gasteiger partial charge in [-0.25, -0.2) is 0 Å². The Morgan fingerprint density at radius 3 is 2.39 bits per heavy atom. The van der Waals surface area contributed by atoms with Gasteiger partial charge in [0, 0.05) is 44.7 Å². The average molecular weight is 315 g/mol. The molecule has 0 unspecified atom stereocenters. The monoisotopic (exact) mass is 315 g/mol. The van der Waals surface area contributed by atoms with Gasteiger partial charge in [-0.2, -0.15) is 0 Å². The Morgan fingerprint density at radius 1 is 1.17 bits per heavy atom. The molecule has 0 radical (unpaired) electrons. The highest BCUT2D eigenvalue weighted by Crippen LogP contribution is 2.38. The van der Waals surface area contributed by atoms with Gasteiger partial charge >= 0.3 is 0 Å². The van der Waals surface area contributed by atoms with E-state index in [-0.39, 0.29) is 43.1 Å². The Kier molecular flexibility index (Phi) is 3.43. The SMILES string of the molecule is CN(C)C(=O)c1cccc(C(=O)N2CC3(CC(=O)NC3=O)C2)c1. The molecule has 0 atom stereocenters. The van der Waals surface area contributed by atoms with Crippen molar-refractivity contribution in [3.05, 3.63) is 35.4 Å². The minimum atomic E-state index is -0.760. The van der Waals surface area contributed by atoms with Crippen LogP contribution in [0.2, 0.25) is 0 Å². The van der Waals surface area contributed by atoms with Crippen LogP contribution in [0.1, 0.15) is 27.1 Å². The number of amides is 4. The van der Waals surface area contributed by atoms with Crippen LogP contribution < -0.4 is 5.32 Å². The van der Waals surface area contributed by atoms with Gasteiger partial charge in [0.2, 0.25) is 11.8 Å². The number of carbonyl (C=O) groups excluding carboxylic acids is 4. The van der Waals surface area contributed by atoms with Crippen molar-refractivity contribution in [3.8, 4) is 0 Å². The lowest BCUT2D eigenvalue weighted by atomic mass is 9.78. The van der Waals surface area contributed by atoms with Crippen molar-refractivity contribution in [1.29, 1.82) is 0 Å². The van der Waals surface area contributed by atoms with Gasteiger partial charge in [-0.1, -0.05) is 6.07 Å². The van der Waals surface area contributed by atoms with E-state index in [9.17, 15) is 19.2 Å². The molecule has 3 rings (SSSR count). The zero-order valence-corrected chi connectivity index (χ0v) is 13.0. The summed E-state index contributed by atoms with van der Waals surface area (Å²) in [6.07, 6.45) is 0.134. The maximum Gasteiger partial charge on any atom is 0.253 e. The van der Waals surface area contributed by atoms with Crippen LogP contribution in [0.3, 0.4) is 0 Å². The molecule has 23 heavy (non-hydrogen) atoms. The lowest BCUT2D eigenvalue weighted by molar-refractivity contribution is -0.134. The summed E-state index contributed by atoms with van der Waals surface area (Å²) in [5, 5.41) is 2.28. The zero-order valence-electron chi connectivity index (χ0n) is 13.0. The first-order valence-corrected chi connectivity index (χ1v) is 7.28. The van der Waals surface area contributed by atoms with Crippen LogP contribution >= 0.6 is 0 Å². The number of carbonyl (C=O) groups is 4. The van der Waals surface area contributed by atoms with Gasteiger partial charge < -0.3 is 9.80 Å². The van der Waals surface area contributed by atoms with E-state index < -0.39 is 5.41 Å². The molecule has 4 amide bonds. The second kappa shape index (κ2) is 5.19. The Balaban J connectivity index is 1.73. The van der Waals surface area contributed by atoms with Gasteiger partial charge in [0.15, 0.2) is 0 Å². The van der Waals surface area contributed by atoms with Crippen molar-refractivity contribution in [2.75, 3.05) is 27.2 Å². The molecule has 1 aromatic carbocycles. The number of nitrogens with zero attached hydrogens (tertiary/aromatic N) is 2. The predicted molar refractivity (Wildman–Crippen MR) is 80.6 cm³/mol. The fraction of sp³-hybridized carbons (Fsp3) is 0.375. The van der Waals surface area contributed by atoms with Crippen molar-refractivity contribution < 1.29 is 19.2 Å². The van der Waals surface area contributed by atoms with Crippen LogP contribution in [0.25, 0.3) is 0 Å². The van der Waals surface area contributed by atoms with Crippen LogP contribution in [0.5, 0.6) is 0 Å². The molecule has 1 aromatic rings. The molecule has 2 aliphatic heterocycles. The van der Waals surface area contributed by atoms with Crippen molar-refractivity contribution in [3.63, 3.8) is 0 Å². The highest BCUT2D eigenvalue weighted by atomic mass is 16.2. The Labute approximate surface area is 133 Å². The Hall–Kier alpha value is -2.70. The maximum atomic E-state index is 12.5. The summed E-state index contributed by atoms with van der Waals surface area (Å²) < 4.78 is 0. The highest BCUT2D eigenvalue weighted by Gasteiger charge is 2.56. The third-order valence-electron chi connectivity index (χ3n) is 4.27. The largest absolute Gasteiger partial charge is 0.345 e. The van der Waals surface area contributed by atoms with Crippen LogP contribution in [0.4, 0.5) is 0 Å². The van der Waals surface area contributed by atoms with Crippen molar-refractivity contribution in [2.45, 2.75) is 6.42 Å². The van der Waals surface area contributed by atoms with Gasteiger partial charge in [0.25, 0.3) is 11.8 Å². The number of likely N-dealkylation sites (tertiary alicyclic amines) is 1. The van der Waals surface area contributed by atoms with E-state index in [4.69, 9.17) is 0 Å². The van der Waals surface area contributed by atoms with Crippen molar-refractivity contribution in [2.24, 2.45) is 5.41 Å². The Bertz CT molecular complexity index is 720. The van der Waals surface area contributed by atoms with Crippen LogP contribution in [0, 0.1) is 5.41 Å². The first-order valence-electron chi connectivity index (χ1n) is 7.28. The number of rotatable bonds is 2.